The Bertz CT molecular complexity index is 1120. The van der Waals surface area contributed by atoms with Crippen LogP contribution in [0.3, 0.4) is 0 Å². The third kappa shape index (κ3) is 3.40. The molecule has 3 nitrogen and oxygen atoms in total. The second-order valence-electron chi connectivity index (χ2n) is 7.55. The van der Waals surface area contributed by atoms with Crippen molar-refractivity contribution in [2.24, 2.45) is 0 Å². The molecule has 28 heavy (non-hydrogen) atoms. The Labute approximate surface area is 165 Å². The van der Waals surface area contributed by atoms with E-state index in [1.807, 2.05) is 0 Å². The quantitative estimate of drug-likeness (QED) is 0.452. The lowest BCUT2D eigenvalue weighted by atomic mass is 10.1. The van der Waals surface area contributed by atoms with Crippen molar-refractivity contribution in [3.63, 3.8) is 0 Å². The average Bonchev–Trinajstić information content (AvgIpc) is 3.37. The molecule has 1 fully saturated rings. The van der Waals surface area contributed by atoms with Crippen LogP contribution in [-0.4, -0.2) is 18.0 Å². The fourth-order valence-corrected chi connectivity index (χ4v) is 4.09. The van der Waals surface area contributed by atoms with Gasteiger partial charge in [0.1, 0.15) is 0 Å². The van der Waals surface area contributed by atoms with E-state index in [0.29, 0.717) is 0 Å². The third-order valence-electron chi connectivity index (χ3n) is 5.63. The molecule has 0 amide bonds. The number of rotatable bonds is 5. The first-order valence-electron chi connectivity index (χ1n) is 10.2. The van der Waals surface area contributed by atoms with E-state index in [1.54, 1.807) is 0 Å². The molecule has 1 aliphatic heterocycles. The summed E-state index contributed by atoms with van der Waals surface area (Å²) < 4.78 is 8.63. The molecule has 3 heteroatoms. The van der Waals surface area contributed by atoms with Crippen LogP contribution in [0.15, 0.2) is 77.3 Å². The molecule has 4 aromatic rings. The summed E-state index contributed by atoms with van der Waals surface area (Å²) >= 11 is 0. The highest BCUT2D eigenvalue weighted by molar-refractivity contribution is 5.93. The minimum absolute atomic E-state index is 0.898. The van der Waals surface area contributed by atoms with Crippen LogP contribution >= 0.6 is 0 Å². The fourth-order valence-electron chi connectivity index (χ4n) is 4.09. The molecule has 0 bridgehead atoms. The summed E-state index contributed by atoms with van der Waals surface area (Å²) in [7, 11) is 0. The molecule has 0 spiro atoms. The summed E-state index contributed by atoms with van der Waals surface area (Å²) in [6, 6.07) is 23.6. The van der Waals surface area contributed by atoms with Gasteiger partial charge in [0.25, 0.3) is 5.52 Å². The number of hydrogen-bond donors (Lipinski definition) is 0. The predicted octanol–water partition coefficient (Wildman–Crippen LogP) is 5.18. The highest BCUT2D eigenvalue weighted by Gasteiger charge is 2.22. The second-order valence-corrected chi connectivity index (χ2v) is 7.55. The standard InChI is InChI=1S/C25H25N2O/c1-2-8-20(9-3-1)12-17-27-23-18-21-10-4-5-11-22(21)19-24(23)28-25(27)13-16-26-14-6-7-15-26/h1-5,8-11,13,16,18-19H,6-7,12,14-15,17H2/q+1. The van der Waals surface area contributed by atoms with E-state index in [4.69, 9.17) is 4.42 Å². The summed E-state index contributed by atoms with van der Waals surface area (Å²) in [4.78, 5) is 2.38. The van der Waals surface area contributed by atoms with Crippen molar-refractivity contribution in [3.05, 3.63) is 84.4 Å². The molecule has 0 N–H and O–H groups in total. The van der Waals surface area contributed by atoms with Crippen molar-refractivity contribution >= 4 is 27.9 Å². The Kier molecular flexibility index (Phi) is 4.58. The highest BCUT2D eigenvalue weighted by Crippen LogP contribution is 2.23. The SMILES string of the molecule is C(=CN1CCCC1)c1oc2cc3ccccc3cc2[n+]1CCc1ccccc1. The van der Waals surface area contributed by atoms with Crippen LogP contribution in [0.1, 0.15) is 24.3 Å². The first kappa shape index (κ1) is 17.1. The molecular formula is C25H25N2O+. The zero-order valence-electron chi connectivity index (χ0n) is 16.1. The second kappa shape index (κ2) is 7.51. The van der Waals surface area contributed by atoms with E-state index < -0.39 is 0 Å². The van der Waals surface area contributed by atoms with Crippen LogP contribution < -0.4 is 4.57 Å². The molecular weight excluding hydrogens is 344 g/mol. The number of aromatic nitrogens is 1. The Balaban J connectivity index is 1.55. The van der Waals surface area contributed by atoms with Gasteiger partial charge in [0, 0.05) is 31.8 Å². The van der Waals surface area contributed by atoms with Gasteiger partial charge in [-0.15, -0.1) is 0 Å². The predicted molar refractivity (Wildman–Crippen MR) is 114 cm³/mol. The minimum Gasteiger partial charge on any atom is -0.398 e. The van der Waals surface area contributed by atoms with Crippen LogP contribution in [0.5, 0.6) is 0 Å². The van der Waals surface area contributed by atoms with Gasteiger partial charge in [0.05, 0.1) is 6.08 Å². The van der Waals surface area contributed by atoms with Gasteiger partial charge in [0.15, 0.2) is 6.54 Å². The topological polar surface area (TPSA) is 20.3 Å². The zero-order chi connectivity index (χ0) is 18.8. The first-order valence-corrected chi connectivity index (χ1v) is 10.2. The van der Waals surface area contributed by atoms with Crippen molar-refractivity contribution < 1.29 is 8.98 Å². The number of aryl methyl sites for hydroxylation is 2. The lowest BCUT2D eigenvalue weighted by Gasteiger charge is -2.08. The maximum absolute atomic E-state index is 6.31. The summed E-state index contributed by atoms with van der Waals surface area (Å²) in [5, 5.41) is 2.47. The van der Waals surface area contributed by atoms with Crippen molar-refractivity contribution in [1.29, 1.82) is 0 Å². The van der Waals surface area contributed by atoms with Gasteiger partial charge in [-0.25, -0.2) is 0 Å². The fraction of sp³-hybridized carbons (Fsp3) is 0.240. The average molecular weight is 369 g/mol. The maximum atomic E-state index is 6.31. The normalized spacial score (nSPS) is 14.6. The Morgan fingerprint density at radius 3 is 2.39 bits per heavy atom. The van der Waals surface area contributed by atoms with Crippen molar-refractivity contribution in [2.75, 3.05) is 13.1 Å². The number of likely N-dealkylation sites (tertiary alicyclic amines) is 1. The number of nitrogens with zero attached hydrogens (tertiary/aromatic N) is 2. The Morgan fingerprint density at radius 2 is 1.61 bits per heavy atom. The number of oxazole rings is 1. The summed E-state index contributed by atoms with van der Waals surface area (Å²) in [5.41, 5.74) is 3.46. The van der Waals surface area contributed by atoms with Crippen LogP contribution in [0.4, 0.5) is 0 Å². The largest absolute Gasteiger partial charge is 0.398 e. The molecule has 1 aromatic heterocycles. The van der Waals surface area contributed by atoms with E-state index in [-0.39, 0.29) is 0 Å². The van der Waals surface area contributed by atoms with E-state index in [2.05, 4.69) is 88.5 Å². The van der Waals surface area contributed by atoms with Crippen LogP contribution in [0, 0.1) is 0 Å². The monoisotopic (exact) mass is 369 g/mol. The van der Waals surface area contributed by atoms with Crippen molar-refractivity contribution in [1.82, 2.24) is 4.90 Å². The summed E-state index contributed by atoms with van der Waals surface area (Å²) in [5.74, 6) is 0.924. The van der Waals surface area contributed by atoms with Gasteiger partial charge >= 0.3 is 5.89 Å². The van der Waals surface area contributed by atoms with Gasteiger partial charge in [-0.2, -0.15) is 4.57 Å². The molecule has 0 unspecified atom stereocenters. The summed E-state index contributed by atoms with van der Waals surface area (Å²) in [6.07, 6.45) is 7.88. The van der Waals surface area contributed by atoms with Crippen LogP contribution in [0.25, 0.3) is 27.9 Å². The maximum Gasteiger partial charge on any atom is 0.375 e. The van der Waals surface area contributed by atoms with Gasteiger partial charge in [0.2, 0.25) is 5.58 Å². The molecule has 1 aliphatic rings. The molecule has 2 heterocycles. The first-order chi connectivity index (χ1) is 13.9. The molecule has 1 saturated heterocycles. The molecule has 140 valence electrons. The van der Waals surface area contributed by atoms with Gasteiger partial charge in [-0.1, -0.05) is 54.6 Å². The lowest BCUT2D eigenvalue weighted by Crippen LogP contribution is -2.36. The lowest BCUT2D eigenvalue weighted by molar-refractivity contribution is -0.677. The molecule has 0 atom stereocenters. The third-order valence-corrected chi connectivity index (χ3v) is 5.63. The number of fused-ring (bicyclic) bond motifs is 2. The van der Waals surface area contributed by atoms with Crippen molar-refractivity contribution in [2.45, 2.75) is 25.8 Å². The van der Waals surface area contributed by atoms with Gasteiger partial charge in [-0.05, 0) is 35.2 Å². The van der Waals surface area contributed by atoms with Crippen molar-refractivity contribution in [3.8, 4) is 0 Å². The van der Waals surface area contributed by atoms with E-state index in [9.17, 15) is 0 Å². The molecule has 0 saturated carbocycles. The van der Waals surface area contributed by atoms with Crippen LogP contribution in [-0.2, 0) is 13.0 Å². The highest BCUT2D eigenvalue weighted by atomic mass is 16.3. The zero-order valence-corrected chi connectivity index (χ0v) is 16.1. The Morgan fingerprint density at radius 1 is 0.893 bits per heavy atom. The van der Waals surface area contributed by atoms with E-state index in [1.165, 1.54) is 29.2 Å². The molecule has 0 aliphatic carbocycles. The minimum atomic E-state index is 0.898. The van der Waals surface area contributed by atoms with E-state index >= 15 is 0 Å². The van der Waals surface area contributed by atoms with Gasteiger partial charge < -0.3 is 9.32 Å². The number of benzene rings is 3. The van der Waals surface area contributed by atoms with Crippen LogP contribution in [0.2, 0.25) is 0 Å². The molecule has 0 radical (unpaired) electrons. The van der Waals surface area contributed by atoms with E-state index in [0.717, 1.165) is 43.0 Å². The molecule has 5 rings (SSSR count). The Hall–Kier alpha value is -3.07. The smallest absolute Gasteiger partial charge is 0.375 e. The number of hydrogen-bond acceptors (Lipinski definition) is 2. The summed E-state index contributed by atoms with van der Waals surface area (Å²) in [6.45, 7) is 3.18. The van der Waals surface area contributed by atoms with Gasteiger partial charge in [-0.3, -0.25) is 0 Å². The molecule has 3 aromatic carbocycles.